The maximum Gasteiger partial charge on any atom is 0.418 e. The molecular weight excluding hydrogens is 376 g/mol. The number of piperidine rings is 1. The highest BCUT2D eigenvalue weighted by atomic mass is 19.4. The summed E-state index contributed by atoms with van der Waals surface area (Å²) in [5.74, 6) is -1.99. The van der Waals surface area contributed by atoms with Crippen LogP contribution in [0.2, 0.25) is 0 Å². The number of anilines is 1. The van der Waals surface area contributed by atoms with Gasteiger partial charge in [-0.3, -0.25) is 9.59 Å². The van der Waals surface area contributed by atoms with Crippen LogP contribution in [0.1, 0.15) is 28.8 Å². The molecule has 1 aliphatic rings. The van der Waals surface area contributed by atoms with Crippen molar-refractivity contribution in [1.82, 2.24) is 4.90 Å². The number of nitrogens with one attached hydrogen (secondary N) is 1. The maximum atomic E-state index is 13.1. The maximum absolute atomic E-state index is 13.1. The average Bonchev–Trinajstić information content (AvgIpc) is 2.68. The number of benzene rings is 2. The summed E-state index contributed by atoms with van der Waals surface area (Å²) in [6.45, 7) is 0.523. The Kier molecular flexibility index (Phi) is 5.67. The van der Waals surface area contributed by atoms with Gasteiger partial charge >= 0.3 is 6.18 Å². The molecule has 0 unspecified atom stereocenters. The molecule has 8 heteroatoms. The number of rotatable bonds is 3. The van der Waals surface area contributed by atoms with Crippen LogP contribution in [0.4, 0.5) is 23.2 Å². The van der Waals surface area contributed by atoms with E-state index in [4.69, 9.17) is 0 Å². The molecule has 0 aromatic heterocycles. The molecule has 148 valence electrons. The van der Waals surface area contributed by atoms with Gasteiger partial charge in [-0.05, 0) is 49.2 Å². The predicted octanol–water partition coefficient (Wildman–Crippen LogP) is 4.34. The summed E-state index contributed by atoms with van der Waals surface area (Å²) in [6.07, 6.45) is -3.57. The second-order valence-electron chi connectivity index (χ2n) is 6.63. The third-order valence-electron chi connectivity index (χ3n) is 4.66. The number of hydrogen-bond donors (Lipinski definition) is 1. The second-order valence-corrected chi connectivity index (χ2v) is 6.63. The van der Waals surface area contributed by atoms with Gasteiger partial charge in [0.05, 0.1) is 17.2 Å². The summed E-state index contributed by atoms with van der Waals surface area (Å²) in [4.78, 5) is 26.5. The van der Waals surface area contributed by atoms with E-state index in [1.807, 2.05) is 0 Å². The molecule has 1 atom stereocenters. The Balaban J connectivity index is 1.70. The van der Waals surface area contributed by atoms with Crippen molar-refractivity contribution in [2.45, 2.75) is 19.0 Å². The molecule has 2 amide bonds. The minimum atomic E-state index is -4.58. The van der Waals surface area contributed by atoms with Gasteiger partial charge in [0.2, 0.25) is 5.91 Å². The zero-order valence-electron chi connectivity index (χ0n) is 14.8. The van der Waals surface area contributed by atoms with Crippen molar-refractivity contribution in [3.05, 3.63) is 65.5 Å². The van der Waals surface area contributed by atoms with Crippen molar-refractivity contribution in [1.29, 1.82) is 0 Å². The van der Waals surface area contributed by atoms with Crippen molar-refractivity contribution in [3.63, 3.8) is 0 Å². The normalized spacial score (nSPS) is 17.3. The molecule has 0 spiro atoms. The number of carbonyl (C=O) groups is 2. The summed E-state index contributed by atoms with van der Waals surface area (Å²) >= 11 is 0. The van der Waals surface area contributed by atoms with E-state index in [1.54, 1.807) is 0 Å². The fourth-order valence-corrected chi connectivity index (χ4v) is 3.22. The monoisotopic (exact) mass is 394 g/mol. The van der Waals surface area contributed by atoms with E-state index in [-0.39, 0.29) is 18.1 Å². The lowest BCUT2D eigenvalue weighted by molar-refractivity contribution is -0.137. The molecule has 2 aromatic rings. The van der Waals surface area contributed by atoms with E-state index in [9.17, 15) is 27.2 Å². The van der Waals surface area contributed by atoms with E-state index >= 15 is 0 Å². The summed E-state index contributed by atoms with van der Waals surface area (Å²) in [7, 11) is 0. The minimum Gasteiger partial charge on any atom is -0.338 e. The zero-order valence-corrected chi connectivity index (χ0v) is 14.8. The van der Waals surface area contributed by atoms with Gasteiger partial charge in [-0.1, -0.05) is 12.1 Å². The number of carbonyl (C=O) groups excluding carboxylic acids is 2. The van der Waals surface area contributed by atoms with Crippen molar-refractivity contribution >= 4 is 17.5 Å². The molecule has 1 fully saturated rings. The minimum absolute atomic E-state index is 0.0935. The topological polar surface area (TPSA) is 49.4 Å². The molecule has 4 nitrogen and oxygen atoms in total. The molecule has 0 radical (unpaired) electrons. The second kappa shape index (κ2) is 8.00. The molecule has 1 heterocycles. The Morgan fingerprint density at radius 2 is 1.71 bits per heavy atom. The van der Waals surface area contributed by atoms with Gasteiger partial charge in [0.25, 0.3) is 5.91 Å². The summed E-state index contributed by atoms with van der Waals surface area (Å²) in [5.41, 5.74) is -0.926. The van der Waals surface area contributed by atoms with E-state index in [1.165, 1.54) is 47.4 Å². The van der Waals surface area contributed by atoms with Crippen LogP contribution < -0.4 is 5.32 Å². The van der Waals surface area contributed by atoms with E-state index in [0.717, 1.165) is 6.07 Å². The number of nitrogens with zero attached hydrogens (tertiary/aromatic N) is 1. The third kappa shape index (κ3) is 4.49. The fraction of sp³-hybridized carbons (Fsp3) is 0.300. The average molecular weight is 394 g/mol. The van der Waals surface area contributed by atoms with Crippen LogP contribution >= 0.6 is 0 Å². The Morgan fingerprint density at radius 3 is 2.39 bits per heavy atom. The van der Waals surface area contributed by atoms with E-state index < -0.39 is 29.4 Å². The molecule has 0 bridgehead atoms. The Hall–Kier alpha value is -2.90. The summed E-state index contributed by atoms with van der Waals surface area (Å²) < 4.78 is 52.3. The van der Waals surface area contributed by atoms with Crippen molar-refractivity contribution in [2.24, 2.45) is 5.92 Å². The van der Waals surface area contributed by atoms with Crippen LogP contribution in [-0.4, -0.2) is 29.8 Å². The first-order chi connectivity index (χ1) is 13.3. The molecule has 3 rings (SSSR count). The number of alkyl halides is 3. The summed E-state index contributed by atoms with van der Waals surface area (Å²) in [5, 5.41) is 2.35. The largest absolute Gasteiger partial charge is 0.418 e. The van der Waals surface area contributed by atoms with Crippen LogP contribution in [0.15, 0.2) is 48.5 Å². The summed E-state index contributed by atoms with van der Waals surface area (Å²) in [6, 6.07) is 9.84. The van der Waals surface area contributed by atoms with Gasteiger partial charge in [-0.25, -0.2) is 4.39 Å². The fourth-order valence-electron chi connectivity index (χ4n) is 3.22. The Morgan fingerprint density at radius 1 is 1.04 bits per heavy atom. The lowest BCUT2D eigenvalue weighted by atomic mass is 9.96. The number of para-hydroxylation sites is 1. The number of amides is 2. The van der Waals surface area contributed by atoms with Crippen molar-refractivity contribution in [3.8, 4) is 0 Å². The molecule has 1 N–H and O–H groups in total. The van der Waals surface area contributed by atoms with Gasteiger partial charge in [-0.2, -0.15) is 13.2 Å². The van der Waals surface area contributed by atoms with Gasteiger partial charge in [0.15, 0.2) is 0 Å². The molecule has 2 aromatic carbocycles. The first kappa shape index (κ1) is 19.9. The zero-order chi connectivity index (χ0) is 20.3. The number of hydrogen-bond acceptors (Lipinski definition) is 2. The molecule has 0 aliphatic carbocycles. The standard InChI is InChI=1S/C20H18F4N2O2/c21-15-9-7-13(8-10-15)19(28)26-11-3-4-14(12-26)18(27)25-17-6-2-1-5-16(17)20(22,23)24/h1-2,5-10,14H,3-4,11-12H2,(H,25,27)/t14-/m0/s1. The van der Waals surface area contributed by atoms with E-state index in [2.05, 4.69) is 5.32 Å². The Labute approximate surface area is 159 Å². The quantitative estimate of drug-likeness (QED) is 0.788. The molecule has 28 heavy (non-hydrogen) atoms. The number of halogens is 4. The van der Waals surface area contributed by atoms with Crippen LogP contribution in [-0.2, 0) is 11.0 Å². The smallest absolute Gasteiger partial charge is 0.338 e. The van der Waals surface area contributed by atoms with Crippen LogP contribution in [0, 0.1) is 11.7 Å². The number of likely N-dealkylation sites (tertiary alicyclic amines) is 1. The molecule has 1 aliphatic heterocycles. The van der Waals surface area contributed by atoms with Crippen molar-refractivity contribution < 1.29 is 27.2 Å². The third-order valence-corrected chi connectivity index (χ3v) is 4.66. The van der Waals surface area contributed by atoms with Gasteiger partial charge in [0.1, 0.15) is 5.82 Å². The van der Waals surface area contributed by atoms with Gasteiger partial charge in [-0.15, -0.1) is 0 Å². The van der Waals surface area contributed by atoms with Crippen LogP contribution in [0.25, 0.3) is 0 Å². The highest BCUT2D eigenvalue weighted by molar-refractivity contribution is 5.96. The lowest BCUT2D eigenvalue weighted by Gasteiger charge is -2.32. The van der Waals surface area contributed by atoms with Crippen LogP contribution in [0.3, 0.4) is 0 Å². The van der Waals surface area contributed by atoms with Crippen LogP contribution in [0.5, 0.6) is 0 Å². The van der Waals surface area contributed by atoms with Gasteiger partial charge in [0, 0.05) is 18.7 Å². The predicted molar refractivity (Wildman–Crippen MR) is 95.1 cm³/mol. The molecule has 1 saturated heterocycles. The first-order valence-corrected chi connectivity index (χ1v) is 8.77. The SMILES string of the molecule is O=C(Nc1ccccc1C(F)(F)F)[C@H]1CCCN(C(=O)c2ccc(F)cc2)C1. The van der Waals surface area contributed by atoms with E-state index in [0.29, 0.717) is 24.9 Å². The van der Waals surface area contributed by atoms with Crippen molar-refractivity contribution in [2.75, 3.05) is 18.4 Å². The Bertz CT molecular complexity index is 865. The molecule has 0 saturated carbocycles. The first-order valence-electron chi connectivity index (χ1n) is 8.77. The lowest BCUT2D eigenvalue weighted by Crippen LogP contribution is -2.43. The molecular formula is C20H18F4N2O2. The highest BCUT2D eigenvalue weighted by Gasteiger charge is 2.35. The van der Waals surface area contributed by atoms with Gasteiger partial charge < -0.3 is 10.2 Å². The highest BCUT2D eigenvalue weighted by Crippen LogP contribution is 2.35.